The van der Waals surface area contributed by atoms with Crippen LogP contribution in [0.5, 0.6) is 0 Å². The second-order valence-electron chi connectivity index (χ2n) is 1.97. The molecule has 0 N–H and O–H groups in total. The van der Waals surface area contributed by atoms with E-state index in [0.717, 1.165) is 12.2 Å². The van der Waals surface area contributed by atoms with E-state index in [9.17, 15) is 8.78 Å². The molecular weight excluding hydrogens is 148 g/mol. The van der Waals surface area contributed by atoms with Crippen molar-refractivity contribution in [3.05, 3.63) is 24.4 Å². The van der Waals surface area contributed by atoms with Crippen molar-refractivity contribution in [2.45, 2.75) is 20.0 Å². The maximum atomic E-state index is 12.4. The predicted molar refractivity (Wildman–Crippen MR) is 43.1 cm³/mol. The number of hydrogen-bond donors (Lipinski definition) is 0. The minimum Gasteiger partial charge on any atom is -0.243 e. The third-order valence-electron chi connectivity index (χ3n) is 0.846. The summed E-state index contributed by atoms with van der Waals surface area (Å²) in [5.41, 5.74) is 0. The summed E-state index contributed by atoms with van der Waals surface area (Å²) in [6.07, 6.45) is 3.86. The summed E-state index contributed by atoms with van der Waals surface area (Å²) < 4.78 is 24.5. The summed E-state index contributed by atoms with van der Waals surface area (Å²) >= 11 is 0. The fourth-order valence-corrected chi connectivity index (χ4v) is 0.401. The van der Waals surface area contributed by atoms with Crippen LogP contribution in [0.3, 0.4) is 0 Å². The molecule has 0 saturated heterocycles. The Balaban J connectivity index is 3.94. The molecule has 0 bridgehead atoms. The summed E-state index contributed by atoms with van der Waals surface area (Å²) in [6, 6.07) is 0. The van der Waals surface area contributed by atoms with E-state index in [4.69, 9.17) is 0 Å². The molecular formula is C8H11F2N. The normalized spacial score (nSPS) is 16.5. The lowest BCUT2D eigenvalue weighted by atomic mass is 10.4. The maximum Gasteiger partial charge on any atom is 0.212 e. The first kappa shape index (κ1) is 10.0. The molecule has 0 aromatic carbocycles. The van der Waals surface area contributed by atoms with Gasteiger partial charge in [0.1, 0.15) is 6.17 Å². The van der Waals surface area contributed by atoms with Crippen LogP contribution in [0.25, 0.3) is 0 Å². The second kappa shape index (κ2) is 5.77. The molecule has 0 aliphatic rings. The molecule has 62 valence electrons. The van der Waals surface area contributed by atoms with Crippen LogP contribution in [-0.4, -0.2) is 12.1 Å². The Morgan fingerprint density at radius 2 is 2.18 bits per heavy atom. The highest BCUT2D eigenvalue weighted by atomic mass is 19.1. The first-order valence-electron chi connectivity index (χ1n) is 3.33. The van der Waals surface area contributed by atoms with Gasteiger partial charge in [-0.15, -0.1) is 0 Å². The van der Waals surface area contributed by atoms with Crippen molar-refractivity contribution >= 4 is 5.97 Å². The average Bonchev–Trinajstić information content (AvgIpc) is 1.97. The van der Waals surface area contributed by atoms with Gasteiger partial charge in [0, 0.05) is 6.20 Å². The van der Waals surface area contributed by atoms with E-state index in [2.05, 4.69) is 4.99 Å². The van der Waals surface area contributed by atoms with Crippen LogP contribution in [0.4, 0.5) is 8.78 Å². The molecule has 0 aromatic rings. The van der Waals surface area contributed by atoms with Crippen LogP contribution in [0.2, 0.25) is 0 Å². The molecule has 0 saturated carbocycles. The molecule has 11 heavy (non-hydrogen) atoms. The van der Waals surface area contributed by atoms with Crippen molar-refractivity contribution in [1.29, 1.82) is 0 Å². The molecule has 0 radical (unpaired) electrons. The van der Waals surface area contributed by atoms with E-state index >= 15 is 0 Å². The summed E-state index contributed by atoms with van der Waals surface area (Å²) in [6.45, 7) is 3.04. The third-order valence-corrected chi connectivity index (χ3v) is 0.846. The van der Waals surface area contributed by atoms with E-state index in [-0.39, 0.29) is 0 Å². The lowest BCUT2D eigenvalue weighted by Gasteiger charge is -1.87. The van der Waals surface area contributed by atoms with Crippen molar-refractivity contribution in [1.82, 2.24) is 0 Å². The van der Waals surface area contributed by atoms with Gasteiger partial charge < -0.3 is 0 Å². The highest BCUT2D eigenvalue weighted by Gasteiger charge is 1.90. The van der Waals surface area contributed by atoms with Crippen LogP contribution in [-0.2, 0) is 0 Å². The van der Waals surface area contributed by atoms with Crippen LogP contribution in [0.1, 0.15) is 13.8 Å². The minimum atomic E-state index is -1.14. The number of aliphatic imine (C=N–C) groups is 1. The monoisotopic (exact) mass is 159 g/mol. The molecule has 0 aliphatic heterocycles. The SMILES string of the molecule is C/C=C\N=C(F)C=CC(C)F. The molecule has 0 rings (SSSR count). The van der Waals surface area contributed by atoms with Gasteiger partial charge in [-0.1, -0.05) is 6.08 Å². The standard InChI is InChI=1S/C8H11F2N/c1-3-6-11-8(10)5-4-7(2)9/h3-7H,1-2H3/b5-4?,6-3-,11-8?. The average molecular weight is 159 g/mol. The van der Waals surface area contributed by atoms with E-state index in [1.807, 2.05) is 0 Å². The van der Waals surface area contributed by atoms with E-state index in [1.165, 1.54) is 13.1 Å². The van der Waals surface area contributed by atoms with Crippen LogP contribution in [0.15, 0.2) is 29.4 Å². The zero-order chi connectivity index (χ0) is 8.69. The first-order chi connectivity index (χ1) is 5.16. The lowest BCUT2D eigenvalue weighted by Crippen LogP contribution is -1.86. The Labute approximate surface area is 65.1 Å². The van der Waals surface area contributed by atoms with Crippen molar-refractivity contribution in [2.24, 2.45) is 4.99 Å². The Bertz CT molecular complexity index is 181. The number of hydrogen-bond acceptors (Lipinski definition) is 1. The largest absolute Gasteiger partial charge is 0.243 e. The topological polar surface area (TPSA) is 12.4 Å². The Kier molecular flexibility index (Phi) is 5.25. The molecule has 0 aliphatic carbocycles. The smallest absolute Gasteiger partial charge is 0.212 e. The minimum absolute atomic E-state index is 0.687. The van der Waals surface area contributed by atoms with Crippen molar-refractivity contribution < 1.29 is 8.78 Å². The summed E-state index contributed by atoms with van der Waals surface area (Å²) in [5.74, 6) is -0.687. The van der Waals surface area contributed by atoms with Gasteiger partial charge in [-0.05, 0) is 26.0 Å². The lowest BCUT2D eigenvalue weighted by molar-refractivity contribution is 0.430. The van der Waals surface area contributed by atoms with Crippen molar-refractivity contribution in [2.75, 3.05) is 0 Å². The van der Waals surface area contributed by atoms with Crippen LogP contribution >= 0.6 is 0 Å². The van der Waals surface area contributed by atoms with Gasteiger partial charge in [-0.2, -0.15) is 4.39 Å². The molecule has 1 nitrogen and oxygen atoms in total. The molecule has 0 aromatic heterocycles. The van der Waals surface area contributed by atoms with Gasteiger partial charge in [0.25, 0.3) is 0 Å². The number of allylic oxidation sites excluding steroid dienone is 3. The van der Waals surface area contributed by atoms with E-state index in [0.29, 0.717) is 0 Å². The fourth-order valence-electron chi connectivity index (χ4n) is 0.401. The van der Waals surface area contributed by atoms with Crippen molar-refractivity contribution in [3.8, 4) is 0 Å². The number of alkyl halides is 1. The molecule has 0 heterocycles. The number of nitrogens with zero attached hydrogens (tertiary/aromatic N) is 1. The molecule has 0 fully saturated rings. The summed E-state index contributed by atoms with van der Waals surface area (Å²) in [7, 11) is 0. The molecule has 1 atom stereocenters. The van der Waals surface area contributed by atoms with Crippen LogP contribution in [0, 0.1) is 0 Å². The maximum absolute atomic E-state index is 12.4. The first-order valence-corrected chi connectivity index (χ1v) is 3.33. The quantitative estimate of drug-likeness (QED) is 0.561. The van der Waals surface area contributed by atoms with Gasteiger partial charge in [-0.25, -0.2) is 9.38 Å². The Morgan fingerprint density at radius 1 is 1.55 bits per heavy atom. The zero-order valence-corrected chi connectivity index (χ0v) is 6.59. The highest BCUT2D eigenvalue weighted by molar-refractivity contribution is 5.86. The van der Waals surface area contributed by atoms with Gasteiger partial charge in [0.2, 0.25) is 5.97 Å². The number of halogens is 2. The molecule has 3 heteroatoms. The highest BCUT2D eigenvalue weighted by Crippen LogP contribution is 1.92. The van der Waals surface area contributed by atoms with E-state index < -0.39 is 12.1 Å². The fraction of sp³-hybridized carbons (Fsp3) is 0.375. The van der Waals surface area contributed by atoms with Gasteiger partial charge in [0.15, 0.2) is 0 Å². The van der Waals surface area contributed by atoms with Gasteiger partial charge >= 0.3 is 0 Å². The van der Waals surface area contributed by atoms with Gasteiger partial charge in [-0.3, -0.25) is 0 Å². The van der Waals surface area contributed by atoms with Crippen molar-refractivity contribution in [3.63, 3.8) is 0 Å². The van der Waals surface area contributed by atoms with Gasteiger partial charge in [0.05, 0.1) is 0 Å². The molecule has 1 unspecified atom stereocenters. The summed E-state index contributed by atoms with van der Waals surface area (Å²) in [5, 5.41) is 0. The Hall–Kier alpha value is -0.990. The van der Waals surface area contributed by atoms with E-state index in [1.54, 1.807) is 13.0 Å². The van der Waals surface area contributed by atoms with Crippen LogP contribution < -0.4 is 0 Å². The second-order valence-corrected chi connectivity index (χ2v) is 1.97. The number of rotatable bonds is 3. The Morgan fingerprint density at radius 3 is 2.64 bits per heavy atom. The zero-order valence-electron chi connectivity index (χ0n) is 6.59. The molecule has 0 spiro atoms. The third kappa shape index (κ3) is 6.90. The summed E-state index contributed by atoms with van der Waals surface area (Å²) in [4.78, 5) is 3.33. The molecule has 0 amide bonds. The predicted octanol–water partition coefficient (Wildman–Crippen LogP) is 2.80.